The molecule has 3 aromatic rings. The first-order chi connectivity index (χ1) is 13.7. The molecule has 3 rings (SSSR count). The van der Waals surface area contributed by atoms with Gasteiger partial charge in [0.25, 0.3) is 0 Å². The van der Waals surface area contributed by atoms with Crippen LogP contribution in [0.3, 0.4) is 0 Å². The van der Waals surface area contributed by atoms with Crippen molar-refractivity contribution in [3.63, 3.8) is 0 Å². The van der Waals surface area contributed by atoms with E-state index in [1.165, 1.54) is 10.6 Å². The number of hydrogen-bond acceptors (Lipinski definition) is 3. The predicted octanol–water partition coefficient (Wildman–Crippen LogP) is 4.19. The van der Waals surface area contributed by atoms with E-state index in [1.807, 2.05) is 62.4 Å². The molecule has 0 heterocycles. The second-order valence-electron chi connectivity index (χ2n) is 6.70. The van der Waals surface area contributed by atoms with Crippen LogP contribution in [0.5, 0.6) is 5.75 Å². The molecule has 3 aromatic carbocycles. The molecule has 2 N–H and O–H groups in total. The molecular weight excluding hydrogens is 365 g/mol. The Morgan fingerprint density at radius 3 is 2.04 bits per heavy atom. The van der Waals surface area contributed by atoms with Gasteiger partial charge in [-0.05, 0) is 50.1 Å². The number of rotatable bonds is 9. The zero-order chi connectivity index (χ0) is 19.8. The van der Waals surface area contributed by atoms with Crippen molar-refractivity contribution in [3.05, 3.63) is 90.5 Å². The first kappa shape index (κ1) is 20.5. The molecular formula is C24H28NO2P. The van der Waals surface area contributed by atoms with E-state index in [9.17, 15) is 5.11 Å². The van der Waals surface area contributed by atoms with Gasteiger partial charge in [-0.2, -0.15) is 0 Å². The third kappa shape index (κ3) is 5.42. The number of aliphatic hydroxyl groups excluding tert-OH is 1. The van der Waals surface area contributed by atoms with Crippen molar-refractivity contribution in [1.82, 2.24) is 5.32 Å². The van der Waals surface area contributed by atoms with Crippen molar-refractivity contribution in [2.24, 2.45) is 0 Å². The number of ether oxygens (including phenoxy) is 1. The van der Waals surface area contributed by atoms with Gasteiger partial charge in [0, 0.05) is 12.3 Å². The third-order valence-corrected chi connectivity index (χ3v) is 7.06. The maximum absolute atomic E-state index is 10.7. The molecule has 0 unspecified atom stereocenters. The Bertz CT molecular complexity index is 824. The lowest BCUT2D eigenvalue weighted by Gasteiger charge is -2.25. The Labute approximate surface area is 169 Å². The second kappa shape index (κ2) is 10.4. The summed E-state index contributed by atoms with van der Waals surface area (Å²) in [5, 5.41) is 16.8. The molecule has 146 valence electrons. The summed E-state index contributed by atoms with van der Waals surface area (Å²) in [5.74, 6) is 0.898. The summed E-state index contributed by atoms with van der Waals surface area (Å²) in [4.78, 5) is 0. The lowest BCUT2D eigenvalue weighted by Crippen LogP contribution is -2.34. The fourth-order valence-electron chi connectivity index (χ4n) is 3.11. The quantitative estimate of drug-likeness (QED) is 0.536. The van der Waals surface area contributed by atoms with Crippen LogP contribution in [0.15, 0.2) is 84.9 Å². The van der Waals surface area contributed by atoms with Crippen LogP contribution >= 0.6 is 7.92 Å². The predicted molar refractivity (Wildman–Crippen MR) is 119 cm³/mol. The van der Waals surface area contributed by atoms with Crippen LogP contribution in [0, 0.1) is 0 Å². The minimum absolute atomic E-state index is 0.0428. The Balaban J connectivity index is 1.74. The molecule has 4 heteroatoms. The van der Waals surface area contributed by atoms with Gasteiger partial charge in [-0.3, -0.25) is 0 Å². The van der Waals surface area contributed by atoms with Gasteiger partial charge in [0.1, 0.15) is 5.75 Å². The highest BCUT2D eigenvalue weighted by Gasteiger charge is 2.19. The van der Waals surface area contributed by atoms with Crippen molar-refractivity contribution in [1.29, 1.82) is 0 Å². The summed E-state index contributed by atoms with van der Waals surface area (Å²) in [7, 11) is -0.576. The molecule has 0 radical (unpaired) electrons. The fourth-order valence-corrected chi connectivity index (χ4v) is 5.29. The summed E-state index contributed by atoms with van der Waals surface area (Å²) in [5.41, 5.74) is 0.938. The van der Waals surface area contributed by atoms with Gasteiger partial charge in [-0.1, -0.05) is 72.8 Å². The summed E-state index contributed by atoms with van der Waals surface area (Å²) >= 11 is 0. The lowest BCUT2D eigenvalue weighted by molar-refractivity contribution is 0.139. The SMILES string of the molecule is CCOc1ccc([P@@](CN[C@@H](C)[C@H](O)c2ccccc2)c2ccccc2)cc1. The van der Waals surface area contributed by atoms with Crippen molar-refractivity contribution in [2.45, 2.75) is 26.0 Å². The van der Waals surface area contributed by atoms with E-state index in [0.29, 0.717) is 6.61 Å². The molecule has 0 amide bonds. The highest BCUT2D eigenvalue weighted by Crippen LogP contribution is 2.33. The Morgan fingerprint density at radius 1 is 0.857 bits per heavy atom. The van der Waals surface area contributed by atoms with E-state index in [2.05, 4.69) is 41.7 Å². The molecule has 0 aliphatic heterocycles. The van der Waals surface area contributed by atoms with Crippen molar-refractivity contribution < 1.29 is 9.84 Å². The Morgan fingerprint density at radius 2 is 1.43 bits per heavy atom. The molecule has 0 saturated carbocycles. The molecule has 0 aliphatic carbocycles. The number of aliphatic hydroxyl groups is 1. The molecule has 0 bridgehead atoms. The van der Waals surface area contributed by atoms with Crippen LogP contribution in [0.4, 0.5) is 0 Å². The standard InChI is InChI=1S/C24H28NO2P/c1-3-27-21-14-16-23(17-15-21)28(22-12-8-5-9-13-22)18-25-19(2)24(26)20-10-6-4-7-11-20/h4-17,19,24-26H,3,18H2,1-2H3/t19-,24-,28-/m0/s1. The normalized spacial score (nSPS) is 14.2. The molecule has 0 fully saturated rings. The fraction of sp³-hybridized carbons (Fsp3) is 0.250. The zero-order valence-corrected chi connectivity index (χ0v) is 17.3. The van der Waals surface area contributed by atoms with Crippen LogP contribution in [0.2, 0.25) is 0 Å². The van der Waals surface area contributed by atoms with E-state index in [-0.39, 0.29) is 6.04 Å². The number of hydrogen-bond donors (Lipinski definition) is 2. The van der Waals surface area contributed by atoms with Crippen molar-refractivity contribution in [3.8, 4) is 5.75 Å². The van der Waals surface area contributed by atoms with Gasteiger partial charge < -0.3 is 15.2 Å². The van der Waals surface area contributed by atoms with E-state index >= 15 is 0 Å². The van der Waals surface area contributed by atoms with Gasteiger partial charge in [0.15, 0.2) is 0 Å². The third-order valence-electron chi connectivity index (χ3n) is 4.71. The molecule has 3 atom stereocenters. The van der Waals surface area contributed by atoms with Crippen LogP contribution in [0.25, 0.3) is 0 Å². The van der Waals surface area contributed by atoms with Gasteiger partial charge in [0.05, 0.1) is 12.7 Å². The molecule has 0 aromatic heterocycles. The summed E-state index contributed by atoms with van der Waals surface area (Å²) < 4.78 is 5.58. The van der Waals surface area contributed by atoms with Crippen LogP contribution in [-0.2, 0) is 0 Å². The van der Waals surface area contributed by atoms with E-state index < -0.39 is 14.0 Å². The molecule has 28 heavy (non-hydrogen) atoms. The monoisotopic (exact) mass is 393 g/mol. The summed E-state index contributed by atoms with van der Waals surface area (Å²) in [6, 6.07) is 28.8. The van der Waals surface area contributed by atoms with Crippen LogP contribution < -0.4 is 20.7 Å². The first-order valence-electron chi connectivity index (χ1n) is 9.71. The number of nitrogens with one attached hydrogen (secondary N) is 1. The van der Waals surface area contributed by atoms with Gasteiger partial charge in [-0.25, -0.2) is 0 Å². The first-order valence-corrected chi connectivity index (χ1v) is 11.2. The largest absolute Gasteiger partial charge is 0.494 e. The van der Waals surface area contributed by atoms with Gasteiger partial charge in [-0.15, -0.1) is 0 Å². The number of benzene rings is 3. The summed E-state index contributed by atoms with van der Waals surface area (Å²) in [6.45, 7) is 4.70. The van der Waals surface area contributed by atoms with Gasteiger partial charge >= 0.3 is 0 Å². The zero-order valence-electron chi connectivity index (χ0n) is 16.5. The maximum atomic E-state index is 10.7. The van der Waals surface area contributed by atoms with E-state index in [1.54, 1.807) is 0 Å². The maximum Gasteiger partial charge on any atom is 0.119 e. The molecule has 0 spiro atoms. The Kier molecular flexibility index (Phi) is 7.62. The second-order valence-corrected chi connectivity index (χ2v) is 8.90. The van der Waals surface area contributed by atoms with E-state index in [4.69, 9.17) is 4.74 Å². The topological polar surface area (TPSA) is 41.5 Å². The van der Waals surface area contributed by atoms with Crippen LogP contribution in [-0.4, -0.2) is 24.0 Å². The molecule has 0 aliphatic rings. The van der Waals surface area contributed by atoms with Crippen molar-refractivity contribution >= 4 is 18.5 Å². The lowest BCUT2D eigenvalue weighted by atomic mass is 10.0. The average molecular weight is 393 g/mol. The molecule has 0 saturated heterocycles. The highest BCUT2D eigenvalue weighted by molar-refractivity contribution is 7.72. The summed E-state index contributed by atoms with van der Waals surface area (Å²) in [6.07, 6.45) is 0.271. The Hall–Kier alpha value is -2.19. The minimum atomic E-state index is -0.576. The minimum Gasteiger partial charge on any atom is -0.494 e. The highest BCUT2D eigenvalue weighted by atomic mass is 31.1. The van der Waals surface area contributed by atoms with Crippen molar-refractivity contribution in [2.75, 3.05) is 12.9 Å². The molecule has 3 nitrogen and oxygen atoms in total. The van der Waals surface area contributed by atoms with Crippen LogP contribution in [0.1, 0.15) is 25.5 Å². The van der Waals surface area contributed by atoms with Gasteiger partial charge in [0.2, 0.25) is 0 Å². The average Bonchev–Trinajstić information content (AvgIpc) is 2.76. The van der Waals surface area contributed by atoms with E-state index in [0.717, 1.165) is 17.6 Å². The smallest absolute Gasteiger partial charge is 0.119 e.